The molecule has 1 saturated carbocycles. The zero-order valence-corrected chi connectivity index (χ0v) is 28.7. The standard InChI is InChI=1S/C37H41ClN4O3S/c1-6-44-36(43)33(45-37(3,4)5)30-21(2)19-28-34(31(30)22-7-10-25(38)11-8-22)46-35(40-28)24-9-14-29-27(20-24)32(23-15-17-39-18-16-23)41-42(29)26-12-13-26/h7-11,14,19-20,23,26,33,39H,6,12-13,15-18H2,1-5H3/t33-/m0/s1. The van der Waals surface area contributed by atoms with Gasteiger partial charge in [-0.1, -0.05) is 23.7 Å². The molecule has 0 spiro atoms. The van der Waals surface area contributed by atoms with Crippen LogP contribution in [-0.2, 0) is 14.3 Å². The fourth-order valence-electron chi connectivity index (χ4n) is 6.66. The second kappa shape index (κ2) is 12.4. The van der Waals surface area contributed by atoms with Crippen LogP contribution in [0.2, 0.25) is 5.02 Å². The fourth-order valence-corrected chi connectivity index (χ4v) is 7.91. The third-order valence-corrected chi connectivity index (χ3v) is 10.3. The Labute approximate surface area is 279 Å². The molecule has 3 heterocycles. The fraction of sp³-hybridized carbons (Fsp3) is 0.432. The zero-order valence-electron chi connectivity index (χ0n) is 27.2. The van der Waals surface area contributed by atoms with Gasteiger partial charge in [-0.2, -0.15) is 5.10 Å². The molecule has 1 N–H and O–H groups in total. The van der Waals surface area contributed by atoms with Crippen LogP contribution < -0.4 is 5.32 Å². The molecule has 1 saturated heterocycles. The lowest BCUT2D eigenvalue weighted by atomic mass is 9.91. The number of fused-ring (bicyclic) bond motifs is 2. The molecule has 9 heteroatoms. The first-order chi connectivity index (χ1) is 22.1. The first kappa shape index (κ1) is 31.3. The van der Waals surface area contributed by atoms with Gasteiger partial charge in [0.2, 0.25) is 0 Å². The molecule has 0 unspecified atom stereocenters. The monoisotopic (exact) mass is 656 g/mol. The number of nitrogens with one attached hydrogen (secondary N) is 1. The van der Waals surface area contributed by atoms with Crippen LogP contribution in [0.25, 0.3) is 42.8 Å². The highest BCUT2D eigenvalue weighted by Crippen LogP contribution is 2.46. The Balaban J connectivity index is 1.41. The Morgan fingerprint density at radius 3 is 2.46 bits per heavy atom. The number of thiazole rings is 1. The van der Waals surface area contributed by atoms with E-state index in [1.807, 2.05) is 58.9 Å². The Hall–Kier alpha value is -3.30. The van der Waals surface area contributed by atoms with Crippen molar-refractivity contribution in [2.75, 3.05) is 19.7 Å². The summed E-state index contributed by atoms with van der Waals surface area (Å²) >= 11 is 7.98. The molecule has 2 aliphatic rings. The molecule has 1 atom stereocenters. The van der Waals surface area contributed by atoms with Crippen LogP contribution in [0.3, 0.4) is 0 Å². The van der Waals surface area contributed by atoms with Crippen LogP contribution >= 0.6 is 22.9 Å². The van der Waals surface area contributed by atoms with Gasteiger partial charge in [0.05, 0.1) is 39.7 Å². The number of esters is 1. The normalized spacial score (nSPS) is 16.7. The van der Waals surface area contributed by atoms with E-state index in [9.17, 15) is 4.79 Å². The van der Waals surface area contributed by atoms with Crippen molar-refractivity contribution in [2.45, 2.75) is 84.0 Å². The van der Waals surface area contributed by atoms with E-state index in [-0.39, 0.29) is 6.61 Å². The van der Waals surface area contributed by atoms with E-state index in [1.165, 1.54) is 29.4 Å². The van der Waals surface area contributed by atoms with Gasteiger partial charge in [-0.05, 0) is 121 Å². The van der Waals surface area contributed by atoms with Crippen molar-refractivity contribution in [1.82, 2.24) is 20.1 Å². The van der Waals surface area contributed by atoms with Crippen molar-refractivity contribution < 1.29 is 14.3 Å². The maximum absolute atomic E-state index is 13.5. The van der Waals surface area contributed by atoms with Gasteiger partial charge < -0.3 is 14.8 Å². The number of ether oxygens (including phenoxy) is 2. The number of benzene rings is 3. The summed E-state index contributed by atoms with van der Waals surface area (Å²) in [6.45, 7) is 12.0. The van der Waals surface area contributed by atoms with E-state index in [4.69, 9.17) is 31.2 Å². The van der Waals surface area contributed by atoms with E-state index in [0.717, 1.165) is 69.0 Å². The Kier molecular flexibility index (Phi) is 8.42. The maximum Gasteiger partial charge on any atom is 0.339 e. The van der Waals surface area contributed by atoms with E-state index in [1.54, 1.807) is 11.3 Å². The van der Waals surface area contributed by atoms with E-state index in [2.05, 4.69) is 34.3 Å². The molecule has 0 radical (unpaired) electrons. The molecule has 7 rings (SSSR count). The zero-order chi connectivity index (χ0) is 32.2. The summed E-state index contributed by atoms with van der Waals surface area (Å²) < 4.78 is 15.3. The number of hydrogen-bond donors (Lipinski definition) is 1. The predicted octanol–water partition coefficient (Wildman–Crippen LogP) is 9.16. The van der Waals surface area contributed by atoms with Crippen molar-refractivity contribution in [1.29, 1.82) is 0 Å². The number of nitrogens with zero attached hydrogens (tertiary/aromatic N) is 3. The lowest BCUT2D eigenvalue weighted by molar-refractivity contribution is -0.166. The second-order valence-electron chi connectivity index (χ2n) is 13.5. The minimum Gasteiger partial charge on any atom is -0.464 e. The van der Waals surface area contributed by atoms with Gasteiger partial charge in [0.15, 0.2) is 6.10 Å². The first-order valence-corrected chi connectivity index (χ1v) is 17.6. The van der Waals surface area contributed by atoms with Crippen LogP contribution in [0.1, 0.15) is 88.3 Å². The summed E-state index contributed by atoms with van der Waals surface area (Å²) in [7, 11) is 0. The number of halogens is 1. The number of hydrogen-bond acceptors (Lipinski definition) is 7. The van der Waals surface area contributed by atoms with Crippen molar-refractivity contribution in [3.8, 4) is 21.7 Å². The van der Waals surface area contributed by atoms with Crippen LogP contribution in [0.4, 0.5) is 0 Å². The molecule has 2 aromatic heterocycles. The molecule has 0 bridgehead atoms. The average Bonchev–Trinajstić information content (AvgIpc) is 3.67. The topological polar surface area (TPSA) is 78.3 Å². The van der Waals surface area contributed by atoms with Gasteiger partial charge in [0, 0.05) is 33.0 Å². The lowest BCUT2D eigenvalue weighted by Gasteiger charge is -2.29. The molecule has 5 aromatic rings. The van der Waals surface area contributed by atoms with Crippen LogP contribution in [0, 0.1) is 6.92 Å². The molecule has 1 aliphatic carbocycles. The van der Waals surface area contributed by atoms with Crippen molar-refractivity contribution in [2.24, 2.45) is 0 Å². The van der Waals surface area contributed by atoms with Crippen LogP contribution in [0.15, 0.2) is 48.5 Å². The molecule has 2 fully saturated rings. The summed E-state index contributed by atoms with van der Waals surface area (Å²) in [5, 5.41) is 11.5. The molecular formula is C37H41ClN4O3S. The Morgan fingerprint density at radius 2 is 1.78 bits per heavy atom. The highest BCUT2D eigenvalue weighted by molar-refractivity contribution is 7.22. The van der Waals surface area contributed by atoms with E-state index >= 15 is 0 Å². The van der Waals surface area contributed by atoms with Gasteiger partial charge in [0.25, 0.3) is 0 Å². The number of carbonyl (C=O) groups is 1. The molecule has 0 amide bonds. The molecule has 1 aliphatic heterocycles. The summed E-state index contributed by atoms with van der Waals surface area (Å²) in [6.07, 6.45) is 3.70. The Morgan fingerprint density at radius 1 is 1.07 bits per heavy atom. The number of aromatic nitrogens is 3. The summed E-state index contributed by atoms with van der Waals surface area (Å²) in [4.78, 5) is 18.7. The van der Waals surface area contributed by atoms with Gasteiger partial charge >= 0.3 is 5.97 Å². The maximum atomic E-state index is 13.5. The summed E-state index contributed by atoms with van der Waals surface area (Å²) in [5.41, 5.74) is 7.42. The summed E-state index contributed by atoms with van der Waals surface area (Å²) in [5.74, 6) is 0.0575. The summed E-state index contributed by atoms with van der Waals surface area (Å²) in [6, 6.07) is 17.1. The predicted molar refractivity (Wildman–Crippen MR) is 187 cm³/mol. The van der Waals surface area contributed by atoms with Crippen LogP contribution in [-0.4, -0.2) is 46.0 Å². The Bertz CT molecular complexity index is 1910. The molecular weight excluding hydrogens is 616 g/mol. The quantitative estimate of drug-likeness (QED) is 0.168. The number of rotatable bonds is 8. The largest absolute Gasteiger partial charge is 0.464 e. The highest BCUT2D eigenvalue weighted by Gasteiger charge is 2.34. The molecule has 7 nitrogen and oxygen atoms in total. The number of piperidine rings is 1. The number of aryl methyl sites for hydroxylation is 1. The van der Waals surface area contributed by atoms with Gasteiger partial charge in [-0.15, -0.1) is 11.3 Å². The second-order valence-corrected chi connectivity index (χ2v) is 15.0. The van der Waals surface area contributed by atoms with Crippen molar-refractivity contribution in [3.05, 3.63) is 70.4 Å². The molecule has 3 aromatic carbocycles. The smallest absolute Gasteiger partial charge is 0.339 e. The van der Waals surface area contributed by atoms with Crippen molar-refractivity contribution in [3.63, 3.8) is 0 Å². The lowest BCUT2D eigenvalue weighted by Crippen LogP contribution is -2.29. The average molecular weight is 657 g/mol. The number of carbonyl (C=O) groups excluding carboxylic acids is 1. The SMILES string of the molecule is CCOC(=O)[C@@H](OC(C)(C)C)c1c(C)cc2nc(-c3ccc4c(c3)c(C3CCNCC3)nn4C3CC3)sc2c1-c1ccc(Cl)cc1. The minimum atomic E-state index is -0.905. The third kappa shape index (κ3) is 6.08. The van der Waals surface area contributed by atoms with Crippen LogP contribution in [0.5, 0.6) is 0 Å². The highest BCUT2D eigenvalue weighted by atomic mass is 35.5. The van der Waals surface area contributed by atoms with Crippen molar-refractivity contribution >= 4 is 50.0 Å². The first-order valence-electron chi connectivity index (χ1n) is 16.4. The van der Waals surface area contributed by atoms with Gasteiger partial charge in [0.1, 0.15) is 5.01 Å². The third-order valence-electron chi connectivity index (χ3n) is 8.90. The van der Waals surface area contributed by atoms with Gasteiger partial charge in [-0.3, -0.25) is 4.68 Å². The van der Waals surface area contributed by atoms with E-state index < -0.39 is 17.7 Å². The van der Waals surface area contributed by atoms with Gasteiger partial charge in [-0.25, -0.2) is 9.78 Å². The molecule has 46 heavy (non-hydrogen) atoms. The minimum absolute atomic E-state index is 0.268. The molecule has 240 valence electrons. The van der Waals surface area contributed by atoms with E-state index in [0.29, 0.717) is 17.0 Å².